The highest BCUT2D eigenvalue weighted by molar-refractivity contribution is 6.18. The largest absolute Gasteiger partial charge is 0.312 e. The number of anilines is 5. The lowest BCUT2D eigenvalue weighted by Crippen LogP contribution is -2.16. The number of rotatable bonds is 7. The summed E-state index contributed by atoms with van der Waals surface area (Å²) >= 11 is 0. The van der Waals surface area contributed by atoms with E-state index in [-0.39, 0.29) is 0 Å². The number of aromatic nitrogens is 2. The normalized spacial score (nSPS) is 14.0. The molecule has 5 heteroatoms. The second-order valence-corrected chi connectivity index (χ2v) is 16.4. The lowest BCUT2D eigenvalue weighted by atomic mass is 9.96. The van der Waals surface area contributed by atoms with Crippen molar-refractivity contribution >= 4 is 56.9 Å². The molecular formula is C59H47N5. The van der Waals surface area contributed by atoms with Crippen molar-refractivity contribution < 1.29 is 0 Å². The van der Waals surface area contributed by atoms with Gasteiger partial charge in [-0.25, -0.2) is 0 Å². The maximum Gasteiger partial charge on any atom is 0.131 e. The number of fused-ring (bicyclic) bond motifs is 14. The standard InChI is InChI=1S/C59H47N5/c1-4-23-41(24-5-2)61-49-34-18-14-29-44(49)57-46-30-15-20-36-52(46)64(59(57)48-32-17-22-38-54(48)61)55(60)39-40(6-3)63-51-33-12-8-11-27-45(51)56-43-28-13-19-35-50(43)62(42-25-9-7-10-26-42)53-37-21-16-31-47(53)58(56)63/h4-7,9-11,13-32,34-39,60H,1,3,8,12,33H2,2H3/b24-5-,40-39+,41-23+,60-55?. The van der Waals surface area contributed by atoms with Crippen LogP contribution < -0.4 is 9.80 Å². The van der Waals surface area contributed by atoms with Crippen LogP contribution in [0, 0.1) is 5.41 Å². The van der Waals surface area contributed by atoms with E-state index in [1.165, 1.54) is 22.4 Å². The van der Waals surface area contributed by atoms with E-state index in [0.29, 0.717) is 5.84 Å². The van der Waals surface area contributed by atoms with Gasteiger partial charge in [0.15, 0.2) is 0 Å². The van der Waals surface area contributed by atoms with Crippen LogP contribution in [0.3, 0.4) is 0 Å². The van der Waals surface area contributed by atoms with Gasteiger partial charge in [-0.1, -0.05) is 147 Å². The van der Waals surface area contributed by atoms with Crippen LogP contribution in [-0.2, 0) is 6.42 Å². The zero-order valence-electron chi connectivity index (χ0n) is 35.9. The second kappa shape index (κ2) is 16.0. The van der Waals surface area contributed by atoms with Crippen molar-refractivity contribution in [1.82, 2.24) is 9.13 Å². The van der Waals surface area contributed by atoms with Gasteiger partial charge in [0.05, 0.1) is 39.7 Å². The third-order valence-corrected chi connectivity index (χ3v) is 12.8. The molecule has 2 aromatic heterocycles. The van der Waals surface area contributed by atoms with Gasteiger partial charge in [-0.15, -0.1) is 0 Å². The van der Waals surface area contributed by atoms with Crippen molar-refractivity contribution in [1.29, 1.82) is 5.41 Å². The molecule has 0 spiro atoms. The number of hydrogen-bond donors (Lipinski definition) is 1. The zero-order chi connectivity index (χ0) is 43.3. The molecule has 1 aliphatic carbocycles. The van der Waals surface area contributed by atoms with Crippen molar-refractivity contribution in [2.24, 2.45) is 0 Å². The number of nitrogens with one attached hydrogen (secondary N) is 1. The van der Waals surface area contributed by atoms with Crippen LogP contribution in [0.4, 0.5) is 28.4 Å². The minimum atomic E-state index is 0.344. The average molecular weight is 826 g/mol. The molecule has 0 amide bonds. The number of para-hydroxylation sites is 6. The Labute approximate surface area is 375 Å². The quantitative estimate of drug-likeness (QED) is 0.0988. The first-order chi connectivity index (χ1) is 31.6. The van der Waals surface area contributed by atoms with Gasteiger partial charge in [0.2, 0.25) is 0 Å². The molecule has 308 valence electrons. The van der Waals surface area contributed by atoms with Crippen molar-refractivity contribution in [2.45, 2.75) is 26.2 Å². The summed E-state index contributed by atoms with van der Waals surface area (Å²) in [6.45, 7) is 10.6. The Morgan fingerprint density at radius 3 is 1.89 bits per heavy atom. The SMILES string of the molecule is C=C/C=C(\C=C/C)N1c2ccccc2-c2c(n(C(=N)/C=C(\C=C)n3c4c(c5c3-c3ccccc3N(c3ccccc3)c3ccccc3-5)C=CCCC4)c3ccccc23)-c2ccccc21. The Hall–Kier alpha value is -8.15. The lowest BCUT2D eigenvalue weighted by molar-refractivity contribution is 0.809. The molecule has 1 N–H and O–H groups in total. The molecule has 4 heterocycles. The van der Waals surface area contributed by atoms with Gasteiger partial charge < -0.3 is 14.4 Å². The smallest absolute Gasteiger partial charge is 0.131 e. The molecular weight excluding hydrogens is 779 g/mol. The summed E-state index contributed by atoms with van der Waals surface area (Å²) in [7, 11) is 0. The number of benzene rings is 6. The van der Waals surface area contributed by atoms with Gasteiger partial charge in [-0.2, -0.15) is 0 Å². The first-order valence-electron chi connectivity index (χ1n) is 22.1. The van der Waals surface area contributed by atoms with E-state index >= 15 is 0 Å². The van der Waals surface area contributed by atoms with Crippen molar-refractivity contribution in [2.75, 3.05) is 9.80 Å². The summed E-state index contributed by atoms with van der Waals surface area (Å²) < 4.78 is 4.58. The minimum Gasteiger partial charge on any atom is -0.312 e. The Morgan fingerprint density at radius 1 is 0.609 bits per heavy atom. The molecule has 0 fully saturated rings. The number of allylic oxidation sites excluding steroid dienone is 8. The minimum absolute atomic E-state index is 0.344. The maximum atomic E-state index is 10.4. The van der Waals surface area contributed by atoms with E-state index < -0.39 is 0 Å². The summed E-state index contributed by atoms with van der Waals surface area (Å²) in [5.74, 6) is 0.344. The Kier molecular flexibility index (Phi) is 9.66. The van der Waals surface area contributed by atoms with Crippen molar-refractivity contribution in [3.8, 4) is 44.8 Å². The summed E-state index contributed by atoms with van der Waals surface area (Å²) in [6, 6.07) is 54.0. The molecule has 5 nitrogen and oxygen atoms in total. The topological polar surface area (TPSA) is 40.2 Å². The fraction of sp³-hybridized carbons (Fsp3) is 0.0678. The third-order valence-electron chi connectivity index (χ3n) is 12.8. The van der Waals surface area contributed by atoms with E-state index in [2.05, 4.69) is 214 Å². The van der Waals surface area contributed by atoms with E-state index in [1.807, 2.05) is 25.2 Å². The van der Waals surface area contributed by atoms with Crippen LogP contribution in [0.2, 0.25) is 0 Å². The van der Waals surface area contributed by atoms with Crippen LogP contribution >= 0.6 is 0 Å². The first kappa shape index (κ1) is 38.7. The monoisotopic (exact) mass is 825 g/mol. The van der Waals surface area contributed by atoms with E-state index in [4.69, 9.17) is 0 Å². The molecule has 64 heavy (non-hydrogen) atoms. The molecule has 0 atom stereocenters. The molecule has 2 aliphatic heterocycles. The molecule has 0 bridgehead atoms. The second-order valence-electron chi connectivity index (χ2n) is 16.4. The predicted molar refractivity (Wildman–Crippen MR) is 271 cm³/mol. The fourth-order valence-electron chi connectivity index (χ4n) is 10.3. The van der Waals surface area contributed by atoms with Gasteiger partial charge in [0.25, 0.3) is 0 Å². The van der Waals surface area contributed by atoms with Gasteiger partial charge in [0.1, 0.15) is 5.84 Å². The first-order valence-corrected chi connectivity index (χ1v) is 22.1. The van der Waals surface area contributed by atoms with Crippen molar-refractivity contribution in [3.63, 3.8) is 0 Å². The van der Waals surface area contributed by atoms with Crippen molar-refractivity contribution in [3.05, 3.63) is 224 Å². The molecule has 0 radical (unpaired) electrons. The molecule has 0 saturated heterocycles. The summed E-state index contributed by atoms with van der Waals surface area (Å²) in [5.41, 5.74) is 19.5. The van der Waals surface area contributed by atoms with Gasteiger partial charge in [-0.3, -0.25) is 9.98 Å². The van der Waals surface area contributed by atoms with E-state index in [0.717, 1.165) is 104 Å². The van der Waals surface area contributed by atoms with Gasteiger partial charge in [-0.05, 0) is 86.9 Å². The summed E-state index contributed by atoms with van der Waals surface area (Å²) in [6.07, 6.45) is 19.6. The third kappa shape index (κ3) is 5.96. The average Bonchev–Trinajstić information content (AvgIpc) is 3.61. The van der Waals surface area contributed by atoms with Gasteiger partial charge >= 0.3 is 0 Å². The molecule has 8 aromatic rings. The zero-order valence-corrected chi connectivity index (χ0v) is 35.9. The highest BCUT2D eigenvalue weighted by Crippen LogP contribution is 2.56. The van der Waals surface area contributed by atoms with Crippen LogP contribution in [0.5, 0.6) is 0 Å². The fourth-order valence-corrected chi connectivity index (χ4v) is 10.3. The molecule has 3 aliphatic rings. The maximum absolute atomic E-state index is 10.4. The molecule has 0 saturated carbocycles. The van der Waals surface area contributed by atoms with Crippen LogP contribution in [0.1, 0.15) is 31.0 Å². The molecule has 11 rings (SSSR count). The molecule has 6 aromatic carbocycles. The predicted octanol–water partition coefficient (Wildman–Crippen LogP) is 15.9. The highest BCUT2D eigenvalue weighted by Gasteiger charge is 2.35. The van der Waals surface area contributed by atoms with E-state index in [9.17, 15) is 5.41 Å². The van der Waals surface area contributed by atoms with Crippen LogP contribution in [0.25, 0.3) is 67.4 Å². The van der Waals surface area contributed by atoms with E-state index in [1.54, 1.807) is 0 Å². The van der Waals surface area contributed by atoms with Crippen LogP contribution in [0.15, 0.2) is 213 Å². The Balaban J connectivity index is 1.19. The number of hydrogen-bond acceptors (Lipinski definition) is 3. The van der Waals surface area contributed by atoms with Gasteiger partial charge in [0, 0.05) is 73.2 Å². The Morgan fingerprint density at radius 2 is 1.19 bits per heavy atom. The van der Waals surface area contributed by atoms with Crippen LogP contribution in [-0.4, -0.2) is 15.0 Å². The molecule has 0 unspecified atom stereocenters. The lowest BCUT2D eigenvalue weighted by Gasteiger charge is -2.28. The Bertz CT molecular complexity index is 3330. The summed E-state index contributed by atoms with van der Waals surface area (Å²) in [5, 5.41) is 11.5. The summed E-state index contributed by atoms with van der Waals surface area (Å²) in [4.78, 5) is 4.72. The number of nitrogens with zero attached hydrogens (tertiary/aromatic N) is 4. The highest BCUT2D eigenvalue weighted by atomic mass is 15.2.